The number of aromatic nitrogens is 3. The number of aliphatic hydroxyl groups excluding tert-OH is 1. The van der Waals surface area contributed by atoms with Crippen molar-refractivity contribution in [3.05, 3.63) is 24.1 Å². The minimum Gasteiger partial charge on any atom is -0.463 e. The summed E-state index contributed by atoms with van der Waals surface area (Å²) >= 11 is 0. The third-order valence-electron chi connectivity index (χ3n) is 2.28. The zero-order valence-corrected chi connectivity index (χ0v) is 8.83. The standard InChI is InChI=1S/C10H14N4O2/c11-7-8-10(9-3-1-6-16-9)14(13-12-8)4-2-5-15/h1,3,6,15H,2,4-5,7,11H2. The summed E-state index contributed by atoms with van der Waals surface area (Å²) in [4.78, 5) is 0. The lowest BCUT2D eigenvalue weighted by Gasteiger charge is -2.03. The van der Waals surface area contributed by atoms with Gasteiger partial charge in [0.05, 0.1) is 6.26 Å². The summed E-state index contributed by atoms with van der Waals surface area (Å²) in [5.74, 6) is 0.698. The summed E-state index contributed by atoms with van der Waals surface area (Å²) in [5, 5.41) is 16.8. The van der Waals surface area contributed by atoms with Crippen LogP contribution in [0.25, 0.3) is 11.5 Å². The lowest BCUT2D eigenvalue weighted by atomic mass is 10.2. The van der Waals surface area contributed by atoms with Crippen molar-refractivity contribution < 1.29 is 9.52 Å². The molecule has 0 aliphatic rings. The Morgan fingerprint density at radius 2 is 2.38 bits per heavy atom. The van der Waals surface area contributed by atoms with Crippen LogP contribution in [0.3, 0.4) is 0 Å². The first-order valence-electron chi connectivity index (χ1n) is 5.14. The van der Waals surface area contributed by atoms with Crippen molar-refractivity contribution in [2.24, 2.45) is 5.73 Å². The molecule has 2 aromatic heterocycles. The topological polar surface area (TPSA) is 90.1 Å². The number of rotatable bonds is 5. The molecule has 86 valence electrons. The molecule has 3 N–H and O–H groups in total. The lowest BCUT2D eigenvalue weighted by Crippen LogP contribution is -2.05. The van der Waals surface area contributed by atoms with E-state index in [1.165, 1.54) is 0 Å². The highest BCUT2D eigenvalue weighted by Gasteiger charge is 2.15. The molecule has 2 aromatic rings. The summed E-state index contributed by atoms with van der Waals surface area (Å²) in [7, 11) is 0. The van der Waals surface area contributed by atoms with Gasteiger partial charge >= 0.3 is 0 Å². The molecule has 2 heterocycles. The molecule has 0 aromatic carbocycles. The fourth-order valence-corrected chi connectivity index (χ4v) is 1.55. The molecule has 16 heavy (non-hydrogen) atoms. The van der Waals surface area contributed by atoms with Crippen LogP contribution in [-0.4, -0.2) is 26.7 Å². The molecule has 0 unspecified atom stereocenters. The highest BCUT2D eigenvalue weighted by molar-refractivity contribution is 5.55. The summed E-state index contributed by atoms with van der Waals surface area (Å²) in [6.07, 6.45) is 2.22. The molecule has 6 nitrogen and oxygen atoms in total. The Labute approximate surface area is 92.7 Å². The quantitative estimate of drug-likeness (QED) is 0.763. The van der Waals surface area contributed by atoms with E-state index in [1.54, 1.807) is 17.0 Å². The van der Waals surface area contributed by atoms with Crippen LogP contribution in [0.1, 0.15) is 12.1 Å². The summed E-state index contributed by atoms with van der Waals surface area (Å²) < 4.78 is 7.03. The fraction of sp³-hybridized carbons (Fsp3) is 0.400. The summed E-state index contributed by atoms with van der Waals surface area (Å²) in [6.45, 7) is 1.03. The first-order valence-corrected chi connectivity index (χ1v) is 5.14. The number of aliphatic hydroxyl groups is 1. The van der Waals surface area contributed by atoms with Gasteiger partial charge in [0.15, 0.2) is 5.76 Å². The number of nitrogens with zero attached hydrogens (tertiary/aromatic N) is 3. The van der Waals surface area contributed by atoms with Gasteiger partial charge in [0.1, 0.15) is 11.4 Å². The zero-order valence-electron chi connectivity index (χ0n) is 8.83. The Kier molecular flexibility index (Phi) is 3.33. The molecule has 0 saturated heterocycles. The van der Waals surface area contributed by atoms with Crippen LogP contribution in [0, 0.1) is 0 Å². The maximum Gasteiger partial charge on any atom is 0.153 e. The van der Waals surface area contributed by atoms with E-state index in [-0.39, 0.29) is 6.61 Å². The van der Waals surface area contributed by atoms with Gasteiger partial charge in [-0.2, -0.15) is 0 Å². The predicted octanol–water partition coefficient (Wildman–Crippen LogP) is 0.379. The summed E-state index contributed by atoms with van der Waals surface area (Å²) in [6, 6.07) is 3.65. The van der Waals surface area contributed by atoms with Crippen LogP contribution in [0.2, 0.25) is 0 Å². The number of aryl methyl sites for hydroxylation is 1. The first-order chi connectivity index (χ1) is 7.86. The molecule has 0 saturated carbocycles. The van der Waals surface area contributed by atoms with Gasteiger partial charge in [0.2, 0.25) is 0 Å². The van der Waals surface area contributed by atoms with Crippen molar-refractivity contribution in [2.45, 2.75) is 19.5 Å². The van der Waals surface area contributed by atoms with Gasteiger partial charge in [0, 0.05) is 19.7 Å². The molecule has 2 rings (SSSR count). The molecular formula is C10H14N4O2. The second kappa shape index (κ2) is 4.91. The molecule has 0 aliphatic heterocycles. The van der Waals surface area contributed by atoms with E-state index < -0.39 is 0 Å². The highest BCUT2D eigenvalue weighted by atomic mass is 16.3. The lowest BCUT2D eigenvalue weighted by molar-refractivity contribution is 0.276. The van der Waals surface area contributed by atoms with Gasteiger partial charge in [-0.1, -0.05) is 5.21 Å². The van der Waals surface area contributed by atoms with Crippen LogP contribution in [-0.2, 0) is 13.1 Å². The molecule has 0 atom stereocenters. The Balaban J connectivity index is 2.35. The van der Waals surface area contributed by atoms with Gasteiger partial charge in [-0.05, 0) is 18.6 Å². The second-order valence-electron chi connectivity index (χ2n) is 3.37. The van der Waals surface area contributed by atoms with Gasteiger partial charge in [-0.3, -0.25) is 0 Å². The van der Waals surface area contributed by atoms with Crippen LogP contribution in [0.4, 0.5) is 0 Å². The largest absolute Gasteiger partial charge is 0.463 e. The minimum atomic E-state index is 0.120. The first kappa shape index (κ1) is 10.8. The van der Waals surface area contributed by atoms with Crippen molar-refractivity contribution in [1.82, 2.24) is 15.0 Å². The van der Waals surface area contributed by atoms with Crippen molar-refractivity contribution in [2.75, 3.05) is 6.61 Å². The highest BCUT2D eigenvalue weighted by Crippen LogP contribution is 2.22. The number of furan rings is 1. The monoisotopic (exact) mass is 222 g/mol. The molecule has 0 bridgehead atoms. The number of nitrogens with two attached hydrogens (primary N) is 1. The maximum absolute atomic E-state index is 8.80. The molecule has 0 amide bonds. The maximum atomic E-state index is 8.80. The van der Waals surface area contributed by atoms with Crippen molar-refractivity contribution in [3.63, 3.8) is 0 Å². The van der Waals surface area contributed by atoms with E-state index in [0.29, 0.717) is 31.0 Å². The average Bonchev–Trinajstić information content (AvgIpc) is 2.94. The third-order valence-corrected chi connectivity index (χ3v) is 2.28. The van der Waals surface area contributed by atoms with Crippen LogP contribution < -0.4 is 5.73 Å². The van der Waals surface area contributed by atoms with Gasteiger partial charge in [-0.25, -0.2) is 4.68 Å². The average molecular weight is 222 g/mol. The Morgan fingerprint density at radius 1 is 1.50 bits per heavy atom. The van der Waals surface area contributed by atoms with Crippen molar-refractivity contribution >= 4 is 0 Å². The molecule has 0 spiro atoms. The SMILES string of the molecule is NCc1nnn(CCCO)c1-c1ccco1. The van der Waals surface area contributed by atoms with Gasteiger partial charge < -0.3 is 15.3 Å². The van der Waals surface area contributed by atoms with Crippen LogP contribution >= 0.6 is 0 Å². The van der Waals surface area contributed by atoms with E-state index in [1.807, 2.05) is 6.07 Å². The Morgan fingerprint density at radius 3 is 3.00 bits per heavy atom. The smallest absolute Gasteiger partial charge is 0.153 e. The predicted molar refractivity (Wildman–Crippen MR) is 57.3 cm³/mol. The number of hydrogen-bond donors (Lipinski definition) is 2. The molecule has 6 heteroatoms. The van der Waals surface area contributed by atoms with Gasteiger partial charge in [0.25, 0.3) is 0 Å². The third kappa shape index (κ3) is 1.98. The number of hydrogen-bond acceptors (Lipinski definition) is 5. The van der Waals surface area contributed by atoms with E-state index >= 15 is 0 Å². The Bertz CT molecular complexity index is 436. The second-order valence-corrected chi connectivity index (χ2v) is 3.37. The minimum absolute atomic E-state index is 0.120. The Hall–Kier alpha value is -1.66. The van der Waals surface area contributed by atoms with E-state index in [2.05, 4.69) is 10.3 Å². The van der Waals surface area contributed by atoms with Crippen molar-refractivity contribution in [1.29, 1.82) is 0 Å². The summed E-state index contributed by atoms with van der Waals surface area (Å²) in [5.41, 5.74) is 7.09. The van der Waals surface area contributed by atoms with Crippen LogP contribution in [0.5, 0.6) is 0 Å². The van der Waals surface area contributed by atoms with E-state index in [9.17, 15) is 0 Å². The molecular weight excluding hydrogens is 208 g/mol. The zero-order chi connectivity index (χ0) is 11.4. The van der Waals surface area contributed by atoms with E-state index in [0.717, 1.165) is 5.69 Å². The van der Waals surface area contributed by atoms with E-state index in [4.69, 9.17) is 15.3 Å². The fourth-order valence-electron chi connectivity index (χ4n) is 1.55. The van der Waals surface area contributed by atoms with Crippen LogP contribution in [0.15, 0.2) is 22.8 Å². The molecule has 0 fully saturated rings. The van der Waals surface area contributed by atoms with Crippen molar-refractivity contribution in [3.8, 4) is 11.5 Å². The molecule has 0 radical (unpaired) electrons. The molecule has 0 aliphatic carbocycles. The van der Waals surface area contributed by atoms with Gasteiger partial charge in [-0.15, -0.1) is 5.10 Å². The normalized spacial score (nSPS) is 10.9.